The number of carbonyl (C=O) groups is 2. The van der Waals surface area contributed by atoms with E-state index in [2.05, 4.69) is 20.2 Å². The van der Waals surface area contributed by atoms with Crippen LogP contribution in [0.25, 0.3) is 0 Å². The summed E-state index contributed by atoms with van der Waals surface area (Å²) in [4.78, 5) is 34.5. The second-order valence-corrected chi connectivity index (χ2v) is 6.80. The number of primary amides is 1. The lowest BCUT2D eigenvalue weighted by atomic mass is 9.97. The van der Waals surface area contributed by atoms with Gasteiger partial charge in [0, 0.05) is 31.7 Å². The molecule has 2 aliphatic rings. The molecular weight excluding hydrogens is 306 g/mol. The van der Waals surface area contributed by atoms with Crippen molar-refractivity contribution < 1.29 is 9.59 Å². The first-order valence-corrected chi connectivity index (χ1v) is 8.68. The van der Waals surface area contributed by atoms with E-state index in [4.69, 9.17) is 5.73 Å². The number of nitrogens with two attached hydrogens (primary N) is 1. The zero-order valence-corrected chi connectivity index (χ0v) is 14.1. The summed E-state index contributed by atoms with van der Waals surface area (Å²) in [6.45, 7) is 4.73. The molecule has 1 saturated carbocycles. The Morgan fingerprint density at radius 2 is 2.17 bits per heavy atom. The van der Waals surface area contributed by atoms with E-state index in [-0.39, 0.29) is 17.7 Å². The molecular formula is C17H25N5O2. The van der Waals surface area contributed by atoms with Gasteiger partial charge in [-0.2, -0.15) is 0 Å². The maximum Gasteiger partial charge on any atom is 0.254 e. The van der Waals surface area contributed by atoms with E-state index in [1.165, 1.54) is 0 Å². The highest BCUT2D eigenvalue weighted by atomic mass is 16.2. The number of aromatic nitrogens is 2. The topological polar surface area (TPSA) is 101 Å². The molecule has 1 aromatic heterocycles. The van der Waals surface area contributed by atoms with Crippen LogP contribution in [0.4, 0.5) is 0 Å². The number of rotatable bonds is 6. The molecule has 24 heavy (non-hydrogen) atoms. The Hall–Kier alpha value is -2.02. The number of hydrogen-bond donors (Lipinski definition) is 2. The Balaban J connectivity index is 1.48. The summed E-state index contributed by atoms with van der Waals surface area (Å²) in [5.74, 6) is 0.901. The minimum atomic E-state index is -0.229. The molecule has 1 atom stereocenters. The van der Waals surface area contributed by atoms with Crippen LogP contribution in [0.3, 0.4) is 0 Å². The van der Waals surface area contributed by atoms with Gasteiger partial charge in [-0.05, 0) is 39.2 Å². The largest absolute Gasteiger partial charge is 0.369 e. The highest BCUT2D eigenvalue weighted by Crippen LogP contribution is 2.37. The van der Waals surface area contributed by atoms with Crippen LogP contribution in [0, 0.1) is 12.8 Å². The number of aryl methyl sites for hydroxylation is 1. The molecule has 1 aliphatic heterocycles. The minimum absolute atomic E-state index is 0.0694. The van der Waals surface area contributed by atoms with Crippen LogP contribution >= 0.6 is 0 Å². The molecule has 2 heterocycles. The highest BCUT2D eigenvalue weighted by molar-refractivity contribution is 5.94. The summed E-state index contributed by atoms with van der Waals surface area (Å²) in [5, 5.41) is 2.92. The molecule has 7 nitrogen and oxygen atoms in total. The van der Waals surface area contributed by atoms with Crippen molar-refractivity contribution in [3.8, 4) is 0 Å². The molecule has 1 saturated heterocycles. The molecule has 3 N–H and O–H groups in total. The Bertz CT molecular complexity index is 629. The molecule has 2 fully saturated rings. The van der Waals surface area contributed by atoms with Gasteiger partial charge in [-0.3, -0.25) is 9.59 Å². The van der Waals surface area contributed by atoms with Gasteiger partial charge in [0.1, 0.15) is 5.82 Å². The minimum Gasteiger partial charge on any atom is -0.369 e. The van der Waals surface area contributed by atoms with Gasteiger partial charge in [0.25, 0.3) is 5.91 Å². The van der Waals surface area contributed by atoms with Gasteiger partial charge in [-0.15, -0.1) is 0 Å². The van der Waals surface area contributed by atoms with E-state index in [9.17, 15) is 9.59 Å². The van der Waals surface area contributed by atoms with E-state index in [1.54, 1.807) is 6.20 Å². The molecule has 3 rings (SSSR count). The first-order chi connectivity index (χ1) is 11.5. The van der Waals surface area contributed by atoms with Crippen molar-refractivity contribution in [3.05, 3.63) is 23.3 Å². The predicted molar refractivity (Wildman–Crippen MR) is 89.4 cm³/mol. The SMILES string of the molecule is Cc1nc(C2CC2)ncc1C(=O)NCCN1CCC[C@@H](C(N)=O)C1. The monoisotopic (exact) mass is 331 g/mol. The van der Waals surface area contributed by atoms with E-state index < -0.39 is 0 Å². The Kier molecular flexibility index (Phi) is 5.08. The molecule has 0 unspecified atom stereocenters. The van der Waals surface area contributed by atoms with Crippen LogP contribution in [0.15, 0.2) is 6.20 Å². The van der Waals surface area contributed by atoms with Crippen LogP contribution in [-0.2, 0) is 4.79 Å². The summed E-state index contributed by atoms with van der Waals surface area (Å²) in [7, 11) is 0. The van der Waals surface area contributed by atoms with Crippen molar-refractivity contribution in [1.82, 2.24) is 20.2 Å². The normalized spacial score (nSPS) is 21.5. The van der Waals surface area contributed by atoms with Crippen molar-refractivity contribution >= 4 is 11.8 Å². The molecule has 0 spiro atoms. The molecule has 130 valence electrons. The third-order valence-electron chi connectivity index (χ3n) is 4.81. The van der Waals surface area contributed by atoms with Gasteiger partial charge < -0.3 is 16.0 Å². The zero-order valence-electron chi connectivity index (χ0n) is 14.1. The first-order valence-electron chi connectivity index (χ1n) is 8.68. The fraction of sp³-hybridized carbons (Fsp3) is 0.647. The summed E-state index contributed by atoms with van der Waals surface area (Å²) in [6, 6.07) is 0. The maximum atomic E-state index is 12.3. The van der Waals surface area contributed by atoms with Gasteiger partial charge in [-0.1, -0.05) is 0 Å². The summed E-state index contributed by atoms with van der Waals surface area (Å²) in [6.07, 6.45) is 5.76. The summed E-state index contributed by atoms with van der Waals surface area (Å²) in [5.41, 5.74) is 6.66. The van der Waals surface area contributed by atoms with Crippen molar-refractivity contribution in [2.75, 3.05) is 26.2 Å². The number of likely N-dealkylation sites (tertiary alicyclic amines) is 1. The molecule has 0 radical (unpaired) electrons. The second-order valence-electron chi connectivity index (χ2n) is 6.80. The quantitative estimate of drug-likeness (QED) is 0.794. The Labute approximate surface area is 142 Å². The molecule has 0 bridgehead atoms. The molecule has 1 aliphatic carbocycles. The van der Waals surface area contributed by atoms with Gasteiger partial charge >= 0.3 is 0 Å². The Morgan fingerprint density at radius 1 is 1.38 bits per heavy atom. The Morgan fingerprint density at radius 3 is 2.83 bits per heavy atom. The number of hydrogen-bond acceptors (Lipinski definition) is 5. The van der Waals surface area contributed by atoms with Crippen LogP contribution in [-0.4, -0.2) is 52.9 Å². The lowest BCUT2D eigenvalue weighted by Gasteiger charge is -2.31. The smallest absolute Gasteiger partial charge is 0.254 e. The molecule has 7 heteroatoms. The molecule has 0 aromatic carbocycles. The number of amides is 2. The average Bonchev–Trinajstić information content (AvgIpc) is 3.39. The van der Waals surface area contributed by atoms with Crippen molar-refractivity contribution in [1.29, 1.82) is 0 Å². The van der Waals surface area contributed by atoms with Gasteiger partial charge in [0.2, 0.25) is 5.91 Å². The highest BCUT2D eigenvalue weighted by Gasteiger charge is 2.27. The van der Waals surface area contributed by atoms with E-state index >= 15 is 0 Å². The summed E-state index contributed by atoms with van der Waals surface area (Å²) < 4.78 is 0. The van der Waals surface area contributed by atoms with E-state index in [0.717, 1.165) is 50.3 Å². The zero-order chi connectivity index (χ0) is 17.1. The maximum absolute atomic E-state index is 12.3. The number of carbonyl (C=O) groups excluding carboxylic acids is 2. The second kappa shape index (κ2) is 7.25. The number of nitrogens with one attached hydrogen (secondary N) is 1. The van der Waals surface area contributed by atoms with E-state index in [0.29, 0.717) is 24.6 Å². The standard InChI is InChI=1S/C17H25N5O2/c1-11-14(9-20-16(21-11)12-4-5-12)17(24)19-6-8-22-7-2-3-13(10-22)15(18)23/h9,12-13H,2-8,10H2,1H3,(H2,18,23)(H,19,24)/t13-/m1/s1. The molecule has 1 aromatic rings. The lowest BCUT2D eigenvalue weighted by Crippen LogP contribution is -2.44. The van der Waals surface area contributed by atoms with Crippen molar-refractivity contribution in [3.63, 3.8) is 0 Å². The summed E-state index contributed by atoms with van der Waals surface area (Å²) >= 11 is 0. The number of nitrogens with zero attached hydrogens (tertiary/aromatic N) is 3. The van der Waals surface area contributed by atoms with E-state index in [1.807, 2.05) is 6.92 Å². The predicted octanol–water partition coefficient (Wildman–Crippen LogP) is 0.590. The average molecular weight is 331 g/mol. The number of piperidine rings is 1. The van der Waals surface area contributed by atoms with Crippen molar-refractivity contribution in [2.24, 2.45) is 11.7 Å². The lowest BCUT2D eigenvalue weighted by molar-refractivity contribution is -0.123. The van der Waals surface area contributed by atoms with Crippen molar-refractivity contribution in [2.45, 2.75) is 38.5 Å². The molecule has 2 amide bonds. The first kappa shape index (κ1) is 16.8. The van der Waals surface area contributed by atoms with Crippen LogP contribution in [0.1, 0.15) is 53.5 Å². The third kappa shape index (κ3) is 4.08. The van der Waals surface area contributed by atoms with Gasteiger partial charge in [-0.25, -0.2) is 9.97 Å². The third-order valence-corrected chi connectivity index (χ3v) is 4.81. The fourth-order valence-corrected chi connectivity index (χ4v) is 3.16. The van der Waals surface area contributed by atoms with Crippen LogP contribution in [0.5, 0.6) is 0 Å². The van der Waals surface area contributed by atoms with Gasteiger partial charge in [0.15, 0.2) is 0 Å². The van der Waals surface area contributed by atoms with Crippen LogP contribution < -0.4 is 11.1 Å². The van der Waals surface area contributed by atoms with Crippen LogP contribution in [0.2, 0.25) is 0 Å². The van der Waals surface area contributed by atoms with Gasteiger partial charge in [0.05, 0.1) is 17.2 Å². The fourth-order valence-electron chi connectivity index (χ4n) is 3.16.